The zero-order valence-corrected chi connectivity index (χ0v) is 13.4. The molecule has 0 bridgehead atoms. The van der Waals surface area contributed by atoms with Gasteiger partial charge in [-0.1, -0.05) is 0 Å². The van der Waals surface area contributed by atoms with Crippen molar-refractivity contribution in [1.82, 2.24) is 14.8 Å². The summed E-state index contributed by atoms with van der Waals surface area (Å²) in [5, 5.41) is 4.49. The number of carbonyl (C=O) groups is 1. The Morgan fingerprint density at radius 2 is 1.95 bits per heavy atom. The van der Waals surface area contributed by atoms with Gasteiger partial charge in [0.25, 0.3) is 0 Å². The molecule has 0 aromatic carbocycles. The van der Waals surface area contributed by atoms with Crippen LogP contribution in [0.15, 0.2) is 4.42 Å². The third-order valence-electron chi connectivity index (χ3n) is 3.78. The van der Waals surface area contributed by atoms with E-state index in [0.717, 1.165) is 28.4 Å². The Hall–Kier alpha value is -2.11. The van der Waals surface area contributed by atoms with Crippen molar-refractivity contribution in [3.05, 3.63) is 34.3 Å². The highest BCUT2D eigenvalue weighted by Gasteiger charge is 2.24. The molecule has 2 aromatic heterocycles. The molecule has 0 fully saturated rings. The summed E-state index contributed by atoms with van der Waals surface area (Å²) in [6, 6.07) is 0. The van der Waals surface area contributed by atoms with Gasteiger partial charge in [-0.05, 0) is 34.6 Å². The molecule has 0 spiro atoms. The molecule has 0 N–H and O–H groups in total. The maximum Gasteiger partial charge on any atom is 0.312 e. The monoisotopic (exact) mass is 291 g/mol. The van der Waals surface area contributed by atoms with Crippen LogP contribution in [0.3, 0.4) is 0 Å². The number of esters is 1. The van der Waals surface area contributed by atoms with Crippen LogP contribution >= 0.6 is 0 Å². The summed E-state index contributed by atoms with van der Waals surface area (Å²) in [7, 11) is 1.40. The van der Waals surface area contributed by atoms with E-state index in [0.29, 0.717) is 12.4 Å². The van der Waals surface area contributed by atoms with Crippen LogP contribution < -0.4 is 0 Å². The van der Waals surface area contributed by atoms with Gasteiger partial charge in [-0.15, -0.1) is 0 Å². The first-order valence-electron chi connectivity index (χ1n) is 6.89. The number of aryl methyl sites for hydroxylation is 3. The van der Waals surface area contributed by atoms with Crippen LogP contribution in [0.4, 0.5) is 0 Å². The molecule has 0 aliphatic rings. The normalized spacial score (nSPS) is 12.5. The lowest BCUT2D eigenvalue weighted by molar-refractivity contribution is -0.142. The molecule has 0 amide bonds. The van der Waals surface area contributed by atoms with Crippen molar-refractivity contribution in [2.24, 2.45) is 0 Å². The molecule has 2 heterocycles. The first-order valence-corrected chi connectivity index (χ1v) is 6.89. The van der Waals surface area contributed by atoms with Crippen molar-refractivity contribution in [2.45, 2.75) is 47.1 Å². The van der Waals surface area contributed by atoms with Crippen LogP contribution in [0.5, 0.6) is 0 Å². The summed E-state index contributed by atoms with van der Waals surface area (Å²) < 4.78 is 12.2. The molecular weight excluding hydrogens is 270 g/mol. The molecule has 0 saturated heterocycles. The van der Waals surface area contributed by atoms with Gasteiger partial charge in [0.05, 0.1) is 24.4 Å². The van der Waals surface area contributed by atoms with Crippen molar-refractivity contribution in [1.29, 1.82) is 0 Å². The molecule has 114 valence electrons. The molecule has 2 rings (SSSR count). The summed E-state index contributed by atoms with van der Waals surface area (Å²) in [4.78, 5) is 16.1. The fraction of sp³-hybridized carbons (Fsp3) is 0.533. The molecular formula is C15H21N3O3. The Bertz CT molecular complexity index is 651. The van der Waals surface area contributed by atoms with E-state index in [9.17, 15) is 4.79 Å². The Kier molecular flexibility index (Phi) is 4.16. The zero-order chi connectivity index (χ0) is 15.7. The predicted molar refractivity (Wildman–Crippen MR) is 77.2 cm³/mol. The van der Waals surface area contributed by atoms with E-state index in [1.54, 1.807) is 0 Å². The Labute approximate surface area is 124 Å². The third kappa shape index (κ3) is 2.84. The molecule has 2 aromatic rings. The predicted octanol–water partition coefficient (Wildman–Crippen LogP) is 2.43. The van der Waals surface area contributed by atoms with Crippen LogP contribution in [0.2, 0.25) is 0 Å². The van der Waals surface area contributed by atoms with Gasteiger partial charge in [-0.3, -0.25) is 9.48 Å². The molecule has 6 heteroatoms. The standard InChI is InChI=1S/C15H21N3O3/c1-8(15(19)20-6)14-10(3)17-18(11(14)4)7-13-16-9(2)12(5)21-13/h8H,7H2,1-6H3/t8-/m0/s1. The highest BCUT2D eigenvalue weighted by atomic mass is 16.5. The molecule has 1 atom stereocenters. The Morgan fingerprint density at radius 3 is 2.48 bits per heavy atom. The minimum absolute atomic E-state index is 0.261. The number of nitrogens with zero attached hydrogens (tertiary/aromatic N) is 3. The first-order chi connectivity index (χ1) is 9.85. The van der Waals surface area contributed by atoms with E-state index in [1.165, 1.54) is 7.11 Å². The van der Waals surface area contributed by atoms with E-state index < -0.39 is 0 Å². The Balaban J connectivity index is 2.32. The van der Waals surface area contributed by atoms with Crippen LogP contribution in [0.1, 0.15) is 47.1 Å². The number of hydrogen-bond donors (Lipinski definition) is 0. The van der Waals surface area contributed by atoms with Crippen LogP contribution in [0, 0.1) is 27.7 Å². The quantitative estimate of drug-likeness (QED) is 0.809. The molecule has 6 nitrogen and oxygen atoms in total. The number of carbonyl (C=O) groups excluding carboxylic acids is 1. The maximum atomic E-state index is 11.7. The molecule has 0 saturated carbocycles. The van der Waals surface area contributed by atoms with E-state index in [2.05, 4.69) is 10.1 Å². The van der Waals surface area contributed by atoms with E-state index in [1.807, 2.05) is 39.3 Å². The van der Waals surface area contributed by atoms with Crippen molar-refractivity contribution in [3.63, 3.8) is 0 Å². The van der Waals surface area contributed by atoms with Gasteiger partial charge in [-0.25, -0.2) is 4.98 Å². The summed E-state index contributed by atoms with van der Waals surface area (Å²) >= 11 is 0. The van der Waals surface area contributed by atoms with Crippen LogP contribution in [0.25, 0.3) is 0 Å². The van der Waals surface area contributed by atoms with Gasteiger partial charge in [0.2, 0.25) is 5.89 Å². The van der Waals surface area contributed by atoms with Gasteiger partial charge >= 0.3 is 5.97 Å². The average molecular weight is 291 g/mol. The lowest BCUT2D eigenvalue weighted by Gasteiger charge is -2.10. The smallest absolute Gasteiger partial charge is 0.312 e. The number of oxazole rings is 1. The number of rotatable bonds is 4. The zero-order valence-electron chi connectivity index (χ0n) is 13.4. The number of hydrogen-bond acceptors (Lipinski definition) is 5. The second-order valence-electron chi connectivity index (χ2n) is 5.24. The fourth-order valence-electron chi connectivity index (χ4n) is 2.52. The van der Waals surface area contributed by atoms with Gasteiger partial charge in [-0.2, -0.15) is 5.10 Å². The molecule has 21 heavy (non-hydrogen) atoms. The summed E-state index contributed by atoms with van der Waals surface area (Å²) in [5.41, 5.74) is 3.54. The van der Waals surface area contributed by atoms with Crippen molar-refractivity contribution < 1.29 is 13.9 Å². The van der Waals surface area contributed by atoms with Crippen molar-refractivity contribution in [3.8, 4) is 0 Å². The van der Waals surface area contributed by atoms with Crippen molar-refractivity contribution >= 4 is 5.97 Å². The van der Waals surface area contributed by atoms with Gasteiger partial charge < -0.3 is 9.15 Å². The van der Waals surface area contributed by atoms with Crippen LogP contribution in [-0.2, 0) is 16.1 Å². The van der Waals surface area contributed by atoms with Gasteiger partial charge in [0.1, 0.15) is 12.3 Å². The second kappa shape index (κ2) is 5.71. The van der Waals surface area contributed by atoms with Crippen LogP contribution in [-0.4, -0.2) is 27.8 Å². The van der Waals surface area contributed by atoms with E-state index in [-0.39, 0.29) is 11.9 Å². The summed E-state index contributed by atoms with van der Waals surface area (Å²) in [5.74, 6) is 0.836. The summed E-state index contributed by atoms with van der Waals surface area (Å²) in [6.07, 6.45) is 0. The first kappa shape index (κ1) is 15.3. The molecule has 0 aliphatic heterocycles. The topological polar surface area (TPSA) is 70.2 Å². The molecule has 0 aliphatic carbocycles. The number of aromatic nitrogens is 3. The average Bonchev–Trinajstić information content (AvgIpc) is 2.89. The summed E-state index contributed by atoms with van der Waals surface area (Å²) in [6.45, 7) is 9.91. The number of methoxy groups -OCH3 is 1. The minimum Gasteiger partial charge on any atom is -0.469 e. The Morgan fingerprint density at radius 1 is 1.29 bits per heavy atom. The fourth-order valence-corrected chi connectivity index (χ4v) is 2.52. The largest absolute Gasteiger partial charge is 0.469 e. The highest BCUT2D eigenvalue weighted by Crippen LogP contribution is 2.25. The lowest BCUT2D eigenvalue weighted by Crippen LogP contribution is -2.13. The number of ether oxygens (including phenoxy) is 1. The molecule has 0 radical (unpaired) electrons. The maximum absolute atomic E-state index is 11.7. The lowest BCUT2D eigenvalue weighted by atomic mass is 9.99. The van der Waals surface area contributed by atoms with Gasteiger partial charge in [0.15, 0.2) is 0 Å². The highest BCUT2D eigenvalue weighted by molar-refractivity contribution is 5.78. The second-order valence-corrected chi connectivity index (χ2v) is 5.24. The van der Waals surface area contributed by atoms with Gasteiger partial charge in [0, 0.05) is 11.3 Å². The minimum atomic E-state index is -0.336. The van der Waals surface area contributed by atoms with E-state index >= 15 is 0 Å². The third-order valence-corrected chi connectivity index (χ3v) is 3.78. The molecule has 0 unspecified atom stereocenters. The van der Waals surface area contributed by atoms with E-state index in [4.69, 9.17) is 9.15 Å². The van der Waals surface area contributed by atoms with Crippen molar-refractivity contribution in [2.75, 3.05) is 7.11 Å². The SMILES string of the molecule is COC(=O)[C@@H](C)c1c(C)nn(Cc2nc(C)c(C)o2)c1C.